The number of nitrogens with zero attached hydrogens (tertiary/aromatic N) is 1. The molecule has 26 heavy (non-hydrogen) atoms. The van der Waals surface area contributed by atoms with Crippen molar-refractivity contribution in [2.75, 3.05) is 6.54 Å². The number of carbonyl (C=O) groups is 1. The summed E-state index contributed by atoms with van der Waals surface area (Å²) in [6.07, 6.45) is 9.36. The lowest BCUT2D eigenvalue weighted by Gasteiger charge is -2.31. The summed E-state index contributed by atoms with van der Waals surface area (Å²) >= 11 is 0. The van der Waals surface area contributed by atoms with E-state index in [0.29, 0.717) is 19.1 Å². The molecule has 3 rings (SSSR count). The van der Waals surface area contributed by atoms with E-state index in [2.05, 4.69) is 10.3 Å². The van der Waals surface area contributed by atoms with E-state index in [1.807, 2.05) is 36.4 Å². The van der Waals surface area contributed by atoms with Crippen LogP contribution in [0.15, 0.2) is 54.9 Å². The van der Waals surface area contributed by atoms with Crippen LogP contribution in [-0.4, -0.2) is 28.6 Å². The number of amides is 1. The molecule has 0 bridgehead atoms. The normalized spacial score (nSPS) is 19.1. The van der Waals surface area contributed by atoms with Gasteiger partial charge in [0.15, 0.2) is 0 Å². The molecule has 1 fully saturated rings. The van der Waals surface area contributed by atoms with Crippen LogP contribution < -0.4 is 10.1 Å². The number of carbonyl (C=O) groups excluding carboxylic acids is 1. The number of nitrogens with one attached hydrogen (secondary N) is 1. The van der Waals surface area contributed by atoms with Gasteiger partial charge in [-0.15, -0.1) is 0 Å². The van der Waals surface area contributed by atoms with E-state index in [-0.39, 0.29) is 12.0 Å². The van der Waals surface area contributed by atoms with Crippen LogP contribution in [0.25, 0.3) is 6.08 Å². The van der Waals surface area contributed by atoms with Gasteiger partial charge >= 0.3 is 0 Å². The Hall–Kier alpha value is -2.66. The van der Waals surface area contributed by atoms with Crippen molar-refractivity contribution < 1.29 is 14.6 Å². The van der Waals surface area contributed by atoms with Gasteiger partial charge in [-0.3, -0.25) is 9.78 Å². The van der Waals surface area contributed by atoms with Crippen LogP contribution in [0.1, 0.15) is 30.4 Å². The molecule has 0 spiro atoms. The van der Waals surface area contributed by atoms with Crippen LogP contribution in [0, 0.1) is 5.92 Å². The second-order valence-electron chi connectivity index (χ2n) is 6.62. The Balaban J connectivity index is 1.38. The predicted molar refractivity (Wildman–Crippen MR) is 100 cm³/mol. The molecule has 1 aromatic carbocycles. The first-order chi connectivity index (χ1) is 12.7. The Labute approximate surface area is 153 Å². The summed E-state index contributed by atoms with van der Waals surface area (Å²) in [5.74, 6) is 1.23. The molecular formula is C21H24N2O3. The first-order valence-corrected chi connectivity index (χ1v) is 8.95. The summed E-state index contributed by atoms with van der Waals surface area (Å²) in [7, 11) is 0. The van der Waals surface area contributed by atoms with Crippen molar-refractivity contribution in [2.24, 2.45) is 5.92 Å². The first-order valence-electron chi connectivity index (χ1n) is 8.95. The quantitative estimate of drug-likeness (QED) is 0.717. The molecule has 0 atom stereocenters. The van der Waals surface area contributed by atoms with Crippen LogP contribution in [-0.2, 0) is 11.4 Å². The van der Waals surface area contributed by atoms with Crippen molar-refractivity contribution in [1.29, 1.82) is 0 Å². The van der Waals surface area contributed by atoms with E-state index < -0.39 is 0 Å². The summed E-state index contributed by atoms with van der Waals surface area (Å²) < 4.78 is 5.71. The summed E-state index contributed by atoms with van der Waals surface area (Å²) in [4.78, 5) is 15.9. The van der Waals surface area contributed by atoms with Crippen LogP contribution in [0.4, 0.5) is 0 Å². The van der Waals surface area contributed by atoms with E-state index in [4.69, 9.17) is 4.74 Å². The molecule has 2 N–H and O–H groups in total. The third-order valence-corrected chi connectivity index (χ3v) is 4.50. The van der Waals surface area contributed by atoms with E-state index in [1.54, 1.807) is 24.5 Å². The van der Waals surface area contributed by atoms with Gasteiger partial charge in [-0.1, -0.05) is 18.2 Å². The number of rotatable bonds is 8. The fourth-order valence-corrected chi connectivity index (χ4v) is 2.89. The fraction of sp³-hybridized carbons (Fsp3) is 0.333. The maximum absolute atomic E-state index is 11.8. The molecule has 5 heteroatoms. The summed E-state index contributed by atoms with van der Waals surface area (Å²) in [5, 5.41) is 12.1. The average Bonchev–Trinajstić information content (AvgIpc) is 2.65. The smallest absolute Gasteiger partial charge is 0.243 e. The molecule has 0 unspecified atom stereocenters. The maximum Gasteiger partial charge on any atom is 0.243 e. The predicted octanol–water partition coefficient (Wildman–Crippen LogP) is 2.95. The highest BCUT2D eigenvalue weighted by Gasteiger charge is 2.26. The highest BCUT2D eigenvalue weighted by molar-refractivity contribution is 5.91. The Morgan fingerprint density at radius 1 is 1.27 bits per heavy atom. The lowest BCUT2D eigenvalue weighted by molar-refractivity contribution is -0.116. The van der Waals surface area contributed by atoms with E-state index >= 15 is 0 Å². The highest BCUT2D eigenvalue weighted by atomic mass is 16.5. The van der Waals surface area contributed by atoms with Crippen molar-refractivity contribution >= 4 is 12.0 Å². The van der Waals surface area contributed by atoms with Gasteiger partial charge in [-0.25, -0.2) is 0 Å². The van der Waals surface area contributed by atoms with Crippen molar-refractivity contribution in [1.82, 2.24) is 10.3 Å². The average molecular weight is 352 g/mol. The second kappa shape index (κ2) is 9.15. The number of ether oxygens (including phenoxy) is 1. The third-order valence-electron chi connectivity index (χ3n) is 4.50. The molecule has 0 radical (unpaired) electrons. The topological polar surface area (TPSA) is 71.5 Å². The van der Waals surface area contributed by atoms with Crippen LogP contribution in [0.2, 0.25) is 0 Å². The zero-order chi connectivity index (χ0) is 18.2. The van der Waals surface area contributed by atoms with Crippen molar-refractivity contribution in [3.63, 3.8) is 0 Å². The SMILES string of the molecule is O=C(/C=C/c1ccc(OCc2cccnc2)cc1)NCCC1CC(O)C1. The monoisotopic (exact) mass is 352 g/mol. The van der Waals surface area contributed by atoms with Crippen molar-refractivity contribution in [2.45, 2.75) is 32.0 Å². The molecule has 1 aliphatic rings. The fourth-order valence-electron chi connectivity index (χ4n) is 2.89. The Kier molecular flexibility index (Phi) is 6.39. The van der Waals surface area contributed by atoms with E-state index in [0.717, 1.165) is 36.1 Å². The third kappa shape index (κ3) is 5.70. The van der Waals surface area contributed by atoms with E-state index in [9.17, 15) is 9.90 Å². The Morgan fingerprint density at radius 3 is 2.77 bits per heavy atom. The number of aromatic nitrogens is 1. The zero-order valence-corrected chi connectivity index (χ0v) is 14.7. The minimum Gasteiger partial charge on any atom is -0.489 e. The largest absolute Gasteiger partial charge is 0.489 e. The van der Waals surface area contributed by atoms with Gasteiger partial charge in [0.1, 0.15) is 12.4 Å². The molecule has 1 aliphatic carbocycles. The molecule has 136 valence electrons. The lowest BCUT2D eigenvalue weighted by Crippen LogP contribution is -2.32. The van der Waals surface area contributed by atoms with Gasteiger partial charge in [-0.2, -0.15) is 0 Å². The number of hydrogen-bond donors (Lipinski definition) is 2. The molecule has 1 saturated carbocycles. The maximum atomic E-state index is 11.8. The standard InChI is InChI=1S/C21H24N2O3/c24-19-12-17(13-19)9-11-23-21(25)8-5-16-3-6-20(7-4-16)26-15-18-2-1-10-22-14-18/h1-8,10,14,17,19,24H,9,11-13,15H2,(H,23,25)/b8-5+. The second-order valence-corrected chi connectivity index (χ2v) is 6.62. The van der Waals surface area contributed by atoms with Gasteiger partial charge in [0.2, 0.25) is 5.91 Å². The van der Waals surface area contributed by atoms with Gasteiger partial charge in [-0.05, 0) is 55.0 Å². The molecular weight excluding hydrogens is 328 g/mol. The number of aliphatic hydroxyl groups excluding tert-OH is 1. The molecule has 5 nitrogen and oxygen atoms in total. The molecule has 1 amide bonds. The lowest BCUT2D eigenvalue weighted by atomic mass is 9.80. The highest BCUT2D eigenvalue weighted by Crippen LogP contribution is 2.29. The molecule has 1 aromatic heterocycles. The molecule has 0 saturated heterocycles. The minimum absolute atomic E-state index is 0.0956. The van der Waals surface area contributed by atoms with Gasteiger partial charge in [0.25, 0.3) is 0 Å². The number of benzene rings is 1. The summed E-state index contributed by atoms with van der Waals surface area (Å²) in [6.45, 7) is 1.13. The first kappa shape index (κ1) is 18.1. The summed E-state index contributed by atoms with van der Waals surface area (Å²) in [5.41, 5.74) is 1.96. The van der Waals surface area contributed by atoms with E-state index in [1.165, 1.54) is 0 Å². The van der Waals surface area contributed by atoms with Crippen LogP contribution in [0.5, 0.6) is 5.75 Å². The Morgan fingerprint density at radius 2 is 2.08 bits per heavy atom. The van der Waals surface area contributed by atoms with Gasteiger partial charge in [0, 0.05) is 30.6 Å². The minimum atomic E-state index is -0.132. The van der Waals surface area contributed by atoms with Crippen LogP contribution in [0.3, 0.4) is 0 Å². The molecule has 2 aromatic rings. The zero-order valence-electron chi connectivity index (χ0n) is 14.7. The van der Waals surface area contributed by atoms with Gasteiger partial charge < -0.3 is 15.2 Å². The molecule has 1 heterocycles. The number of aliphatic hydroxyl groups is 1. The van der Waals surface area contributed by atoms with Crippen molar-refractivity contribution in [3.05, 3.63) is 66.0 Å². The molecule has 0 aliphatic heterocycles. The number of pyridine rings is 1. The Bertz CT molecular complexity index is 723. The number of hydrogen-bond acceptors (Lipinski definition) is 4. The van der Waals surface area contributed by atoms with Crippen molar-refractivity contribution in [3.8, 4) is 5.75 Å². The summed E-state index contributed by atoms with van der Waals surface area (Å²) in [6, 6.07) is 11.4. The van der Waals surface area contributed by atoms with Gasteiger partial charge in [0.05, 0.1) is 6.10 Å². The van der Waals surface area contributed by atoms with Crippen LogP contribution >= 0.6 is 0 Å².